The molecule has 8 nitrogen and oxygen atoms in total. The first-order valence-corrected chi connectivity index (χ1v) is 11.3. The predicted octanol–water partition coefficient (Wildman–Crippen LogP) is 5.10. The minimum Gasteiger partial charge on any atom is -0.403 e. The summed E-state index contributed by atoms with van der Waals surface area (Å²) >= 11 is 11.9. The fourth-order valence-corrected chi connectivity index (χ4v) is 4.11. The predicted molar refractivity (Wildman–Crippen MR) is 121 cm³/mol. The summed E-state index contributed by atoms with van der Waals surface area (Å²) in [5.41, 5.74) is 1.09. The summed E-state index contributed by atoms with van der Waals surface area (Å²) in [6, 6.07) is 18.4. The third kappa shape index (κ3) is 4.91. The quantitative estimate of drug-likeness (QED) is 0.390. The van der Waals surface area contributed by atoms with Crippen LogP contribution in [0.15, 0.2) is 82.1 Å². The van der Waals surface area contributed by atoms with Crippen molar-refractivity contribution in [2.24, 2.45) is 0 Å². The molecule has 0 unspecified atom stereocenters. The van der Waals surface area contributed by atoms with Crippen molar-refractivity contribution in [3.8, 4) is 11.5 Å². The number of sulfonamides is 1. The minimum atomic E-state index is -3.79. The second-order valence-electron chi connectivity index (χ2n) is 6.48. The number of hydrogen-bond acceptors (Lipinski definition) is 6. The molecular formula is C21H14Cl2N4O4S. The van der Waals surface area contributed by atoms with Crippen LogP contribution in [-0.4, -0.2) is 24.5 Å². The highest BCUT2D eigenvalue weighted by Crippen LogP contribution is 2.27. The second kappa shape index (κ2) is 8.99. The Morgan fingerprint density at radius 2 is 1.56 bits per heavy atom. The van der Waals surface area contributed by atoms with E-state index in [-0.39, 0.29) is 28.1 Å². The zero-order valence-electron chi connectivity index (χ0n) is 16.1. The Morgan fingerprint density at radius 1 is 0.875 bits per heavy atom. The summed E-state index contributed by atoms with van der Waals surface area (Å²) in [7, 11) is -3.79. The number of halogens is 2. The molecule has 1 amide bonds. The summed E-state index contributed by atoms with van der Waals surface area (Å²) in [4.78, 5) is 12.5. The molecule has 0 saturated carbocycles. The van der Waals surface area contributed by atoms with Crippen LogP contribution in [0.3, 0.4) is 0 Å². The van der Waals surface area contributed by atoms with Crippen LogP contribution >= 0.6 is 23.2 Å². The molecule has 0 bridgehead atoms. The number of anilines is 2. The van der Waals surface area contributed by atoms with Gasteiger partial charge in [0.1, 0.15) is 0 Å². The molecule has 11 heteroatoms. The molecule has 4 rings (SSSR count). The lowest BCUT2D eigenvalue weighted by atomic mass is 10.2. The minimum absolute atomic E-state index is 0.0643. The number of amides is 1. The standard InChI is InChI=1S/C21H14Cl2N4O4S/c22-14-7-11-16(12-8-14)32(29,30)27-15-9-5-13(6-10-15)19(28)24-21-26-25-20(31-21)17-3-1-2-4-18(17)23/h1-12,27H,(H,24,26,28). The van der Waals surface area contributed by atoms with E-state index < -0.39 is 15.9 Å². The van der Waals surface area contributed by atoms with E-state index in [4.69, 9.17) is 27.6 Å². The monoisotopic (exact) mass is 488 g/mol. The van der Waals surface area contributed by atoms with Gasteiger partial charge >= 0.3 is 6.01 Å². The number of aromatic nitrogens is 2. The first-order chi connectivity index (χ1) is 15.3. The zero-order valence-corrected chi connectivity index (χ0v) is 18.4. The van der Waals surface area contributed by atoms with E-state index in [1.807, 2.05) is 0 Å². The van der Waals surface area contributed by atoms with Crippen molar-refractivity contribution in [1.29, 1.82) is 0 Å². The van der Waals surface area contributed by atoms with Gasteiger partial charge in [0.05, 0.1) is 15.5 Å². The molecule has 0 aliphatic carbocycles. The van der Waals surface area contributed by atoms with Crippen molar-refractivity contribution in [2.45, 2.75) is 4.90 Å². The van der Waals surface area contributed by atoms with Crippen molar-refractivity contribution in [3.05, 3.63) is 88.4 Å². The van der Waals surface area contributed by atoms with E-state index in [0.717, 1.165) is 0 Å². The van der Waals surface area contributed by atoms with Gasteiger partial charge in [-0.1, -0.05) is 40.4 Å². The summed E-state index contributed by atoms with van der Waals surface area (Å²) < 4.78 is 32.8. The largest absolute Gasteiger partial charge is 0.403 e. The van der Waals surface area contributed by atoms with Crippen LogP contribution < -0.4 is 10.0 Å². The van der Waals surface area contributed by atoms with Gasteiger partial charge in [0.25, 0.3) is 21.8 Å². The summed E-state index contributed by atoms with van der Waals surface area (Å²) in [5, 5.41) is 11.0. The Morgan fingerprint density at radius 3 is 2.25 bits per heavy atom. The van der Waals surface area contributed by atoms with Crippen molar-refractivity contribution in [1.82, 2.24) is 10.2 Å². The van der Waals surface area contributed by atoms with Gasteiger partial charge in [0.2, 0.25) is 0 Å². The molecule has 162 valence electrons. The molecule has 1 heterocycles. The van der Waals surface area contributed by atoms with Crippen LogP contribution in [0.25, 0.3) is 11.5 Å². The number of hydrogen-bond donors (Lipinski definition) is 2. The van der Waals surface area contributed by atoms with Gasteiger partial charge in [-0.3, -0.25) is 14.8 Å². The Bertz CT molecular complexity index is 1370. The van der Waals surface area contributed by atoms with Gasteiger partial charge in [-0.2, -0.15) is 0 Å². The highest BCUT2D eigenvalue weighted by molar-refractivity contribution is 7.92. The van der Waals surface area contributed by atoms with Gasteiger partial charge in [0, 0.05) is 16.3 Å². The lowest BCUT2D eigenvalue weighted by Gasteiger charge is -2.09. The van der Waals surface area contributed by atoms with E-state index in [1.54, 1.807) is 24.3 Å². The van der Waals surface area contributed by atoms with E-state index in [9.17, 15) is 13.2 Å². The van der Waals surface area contributed by atoms with Crippen LogP contribution in [0.2, 0.25) is 10.0 Å². The van der Waals surface area contributed by atoms with Gasteiger partial charge in [0.15, 0.2) is 0 Å². The van der Waals surface area contributed by atoms with Gasteiger partial charge in [-0.05, 0) is 60.7 Å². The van der Waals surface area contributed by atoms with Crippen LogP contribution in [0.5, 0.6) is 0 Å². The molecule has 32 heavy (non-hydrogen) atoms. The van der Waals surface area contributed by atoms with E-state index in [1.165, 1.54) is 48.5 Å². The average molecular weight is 489 g/mol. The van der Waals surface area contributed by atoms with Crippen LogP contribution in [0.1, 0.15) is 10.4 Å². The summed E-state index contributed by atoms with van der Waals surface area (Å²) in [5.74, 6) is -0.343. The Labute approximate surface area is 193 Å². The highest BCUT2D eigenvalue weighted by atomic mass is 35.5. The highest BCUT2D eigenvalue weighted by Gasteiger charge is 2.16. The van der Waals surface area contributed by atoms with E-state index in [0.29, 0.717) is 15.6 Å². The van der Waals surface area contributed by atoms with Crippen molar-refractivity contribution >= 4 is 50.8 Å². The first kappa shape index (κ1) is 21.8. The average Bonchev–Trinajstić information content (AvgIpc) is 3.22. The molecule has 0 fully saturated rings. The number of carbonyl (C=O) groups is 1. The van der Waals surface area contributed by atoms with Gasteiger partial charge in [-0.15, -0.1) is 5.10 Å². The Kier molecular flexibility index (Phi) is 6.13. The molecule has 0 saturated heterocycles. The molecule has 0 atom stereocenters. The van der Waals surface area contributed by atoms with E-state index in [2.05, 4.69) is 20.2 Å². The lowest BCUT2D eigenvalue weighted by molar-refractivity contribution is 0.102. The Balaban J connectivity index is 1.44. The fraction of sp³-hybridized carbons (Fsp3) is 0. The third-order valence-corrected chi connectivity index (χ3v) is 6.25. The van der Waals surface area contributed by atoms with Crippen LogP contribution in [0.4, 0.5) is 11.7 Å². The number of rotatable bonds is 6. The fourth-order valence-electron chi connectivity index (χ4n) is 2.70. The SMILES string of the molecule is O=C(Nc1nnc(-c2ccccc2Cl)o1)c1ccc(NS(=O)(=O)c2ccc(Cl)cc2)cc1. The molecule has 0 spiro atoms. The first-order valence-electron chi connectivity index (χ1n) is 9.10. The number of nitrogens with one attached hydrogen (secondary N) is 2. The molecule has 0 aliphatic heterocycles. The molecule has 3 aromatic carbocycles. The molecule has 2 N–H and O–H groups in total. The summed E-state index contributed by atoms with van der Waals surface area (Å²) in [6.45, 7) is 0. The maximum atomic E-state index is 12.5. The smallest absolute Gasteiger partial charge is 0.322 e. The molecule has 0 aliphatic rings. The molecular weight excluding hydrogens is 475 g/mol. The van der Waals surface area contributed by atoms with Crippen molar-refractivity contribution in [2.75, 3.05) is 10.0 Å². The molecule has 4 aromatic rings. The third-order valence-electron chi connectivity index (χ3n) is 4.27. The van der Waals surface area contributed by atoms with Crippen LogP contribution in [0, 0.1) is 0 Å². The molecule has 0 radical (unpaired) electrons. The maximum Gasteiger partial charge on any atom is 0.322 e. The number of carbonyl (C=O) groups excluding carboxylic acids is 1. The van der Waals surface area contributed by atoms with Crippen LogP contribution in [-0.2, 0) is 10.0 Å². The zero-order chi connectivity index (χ0) is 22.7. The number of benzene rings is 3. The summed E-state index contributed by atoms with van der Waals surface area (Å²) in [6.07, 6.45) is 0. The van der Waals surface area contributed by atoms with Gasteiger partial charge < -0.3 is 4.42 Å². The number of nitrogens with zero attached hydrogens (tertiary/aromatic N) is 2. The molecule has 1 aromatic heterocycles. The van der Waals surface area contributed by atoms with E-state index >= 15 is 0 Å². The van der Waals surface area contributed by atoms with Crippen molar-refractivity contribution in [3.63, 3.8) is 0 Å². The van der Waals surface area contributed by atoms with Gasteiger partial charge in [-0.25, -0.2) is 8.42 Å². The van der Waals surface area contributed by atoms with Crippen molar-refractivity contribution < 1.29 is 17.6 Å². The lowest BCUT2D eigenvalue weighted by Crippen LogP contribution is -2.14. The Hall–Kier alpha value is -3.40. The normalized spacial score (nSPS) is 11.2. The topological polar surface area (TPSA) is 114 Å². The maximum absolute atomic E-state index is 12.5. The second-order valence-corrected chi connectivity index (χ2v) is 9.01.